The first-order valence-corrected chi connectivity index (χ1v) is 6.24. The standard InChI is InChI=1S/C13H22O/c1-13(2)7-11(13)12(14)5-8-3-9-6-10(9)4-8/h8-12,14H,3-7H2,1-2H3. The zero-order chi connectivity index (χ0) is 9.92. The first kappa shape index (κ1) is 9.21. The Hall–Kier alpha value is -0.0400. The van der Waals surface area contributed by atoms with Gasteiger partial charge in [-0.05, 0) is 61.2 Å². The number of aliphatic hydroxyl groups is 1. The fraction of sp³-hybridized carbons (Fsp3) is 1.00. The van der Waals surface area contributed by atoms with Gasteiger partial charge >= 0.3 is 0 Å². The zero-order valence-corrected chi connectivity index (χ0v) is 9.37. The SMILES string of the molecule is CC1(C)CC1C(O)CC1CC2CC2C1. The number of aliphatic hydroxyl groups excluding tert-OH is 1. The van der Waals surface area contributed by atoms with Gasteiger partial charge in [0, 0.05) is 0 Å². The third kappa shape index (κ3) is 1.50. The van der Waals surface area contributed by atoms with Gasteiger partial charge in [-0.2, -0.15) is 0 Å². The van der Waals surface area contributed by atoms with E-state index in [0.717, 1.165) is 24.2 Å². The maximum atomic E-state index is 10.1. The molecule has 1 N–H and O–H groups in total. The van der Waals surface area contributed by atoms with Crippen molar-refractivity contribution in [1.82, 2.24) is 0 Å². The topological polar surface area (TPSA) is 20.2 Å². The predicted octanol–water partition coefficient (Wildman–Crippen LogP) is 2.83. The highest BCUT2D eigenvalue weighted by atomic mass is 16.3. The summed E-state index contributed by atoms with van der Waals surface area (Å²) in [7, 11) is 0. The molecule has 0 aromatic heterocycles. The second kappa shape index (κ2) is 2.75. The normalized spacial score (nSPS) is 49.9. The van der Waals surface area contributed by atoms with Gasteiger partial charge in [0.1, 0.15) is 0 Å². The van der Waals surface area contributed by atoms with Gasteiger partial charge in [-0.1, -0.05) is 13.8 Å². The van der Waals surface area contributed by atoms with Crippen LogP contribution in [0.5, 0.6) is 0 Å². The summed E-state index contributed by atoms with van der Waals surface area (Å²) < 4.78 is 0. The van der Waals surface area contributed by atoms with Crippen molar-refractivity contribution in [1.29, 1.82) is 0 Å². The van der Waals surface area contributed by atoms with Crippen molar-refractivity contribution in [3.05, 3.63) is 0 Å². The van der Waals surface area contributed by atoms with Gasteiger partial charge in [0.15, 0.2) is 0 Å². The van der Waals surface area contributed by atoms with E-state index in [2.05, 4.69) is 13.8 Å². The van der Waals surface area contributed by atoms with Crippen LogP contribution in [0.3, 0.4) is 0 Å². The van der Waals surface area contributed by atoms with Gasteiger partial charge in [-0.3, -0.25) is 0 Å². The largest absolute Gasteiger partial charge is 0.393 e. The molecule has 0 aromatic carbocycles. The van der Waals surface area contributed by atoms with Crippen LogP contribution >= 0.6 is 0 Å². The monoisotopic (exact) mass is 194 g/mol. The van der Waals surface area contributed by atoms with E-state index in [1.54, 1.807) is 0 Å². The van der Waals surface area contributed by atoms with E-state index in [1.165, 1.54) is 25.7 Å². The van der Waals surface area contributed by atoms with Crippen LogP contribution in [-0.4, -0.2) is 11.2 Å². The second-order valence-corrected chi connectivity index (χ2v) is 6.70. The summed E-state index contributed by atoms with van der Waals surface area (Å²) >= 11 is 0. The zero-order valence-electron chi connectivity index (χ0n) is 9.37. The molecule has 4 atom stereocenters. The molecule has 0 aliphatic heterocycles. The Morgan fingerprint density at radius 2 is 1.79 bits per heavy atom. The Labute approximate surface area is 86.9 Å². The number of hydrogen-bond donors (Lipinski definition) is 1. The Morgan fingerprint density at radius 1 is 1.21 bits per heavy atom. The lowest BCUT2D eigenvalue weighted by Crippen LogP contribution is -2.17. The highest BCUT2D eigenvalue weighted by Crippen LogP contribution is 2.58. The molecule has 3 saturated carbocycles. The lowest BCUT2D eigenvalue weighted by Gasteiger charge is -2.18. The van der Waals surface area contributed by atoms with Crippen LogP contribution < -0.4 is 0 Å². The summed E-state index contributed by atoms with van der Waals surface area (Å²) in [6.07, 6.45) is 6.70. The third-order valence-electron chi connectivity index (χ3n) is 4.97. The van der Waals surface area contributed by atoms with Crippen LogP contribution in [0.1, 0.15) is 46.0 Å². The number of rotatable bonds is 3. The Balaban J connectivity index is 1.48. The molecule has 3 rings (SSSR count). The summed E-state index contributed by atoms with van der Waals surface area (Å²) in [5, 5.41) is 10.1. The summed E-state index contributed by atoms with van der Waals surface area (Å²) in [6, 6.07) is 0. The Kier molecular flexibility index (Phi) is 1.81. The van der Waals surface area contributed by atoms with E-state index >= 15 is 0 Å². The van der Waals surface area contributed by atoms with Gasteiger partial charge in [-0.15, -0.1) is 0 Å². The molecule has 0 spiro atoms. The van der Waals surface area contributed by atoms with Crippen LogP contribution in [0.2, 0.25) is 0 Å². The average Bonchev–Trinajstić information content (AvgIpc) is 2.91. The number of fused-ring (bicyclic) bond motifs is 1. The van der Waals surface area contributed by atoms with Gasteiger partial charge in [0.2, 0.25) is 0 Å². The molecule has 4 unspecified atom stereocenters. The smallest absolute Gasteiger partial charge is 0.0576 e. The summed E-state index contributed by atoms with van der Waals surface area (Å²) in [5.74, 6) is 3.61. The molecule has 80 valence electrons. The van der Waals surface area contributed by atoms with Crippen LogP contribution in [0.4, 0.5) is 0 Å². The van der Waals surface area contributed by atoms with E-state index in [0.29, 0.717) is 11.3 Å². The van der Waals surface area contributed by atoms with E-state index in [4.69, 9.17) is 0 Å². The van der Waals surface area contributed by atoms with Gasteiger partial charge in [-0.25, -0.2) is 0 Å². The first-order valence-electron chi connectivity index (χ1n) is 6.24. The summed E-state index contributed by atoms with van der Waals surface area (Å²) in [4.78, 5) is 0. The van der Waals surface area contributed by atoms with Gasteiger partial charge in [0.25, 0.3) is 0 Å². The van der Waals surface area contributed by atoms with Crippen molar-refractivity contribution in [2.24, 2.45) is 29.1 Å². The molecule has 0 aromatic rings. The van der Waals surface area contributed by atoms with Crippen molar-refractivity contribution in [3.8, 4) is 0 Å². The molecule has 3 aliphatic carbocycles. The highest BCUT2D eigenvalue weighted by Gasteiger charge is 2.52. The van der Waals surface area contributed by atoms with E-state index in [9.17, 15) is 5.11 Å². The lowest BCUT2D eigenvalue weighted by molar-refractivity contribution is 0.106. The van der Waals surface area contributed by atoms with Gasteiger partial charge in [0.05, 0.1) is 6.10 Å². The van der Waals surface area contributed by atoms with E-state index in [1.807, 2.05) is 0 Å². The average molecular weight is 194 g/mol. The van der Waals surface area contributed by atoms with Crippen molar-refractivity contribution < 1.29 is 5.11 Å². The van der Waals surface area contributed by atoms with Crippen molar-refractivity contribution in [2.75, 3.05) is 0 Å². The minimum Gasteiger partial charge on any atom is -0.393 e. The van der Waals surface area contributed by atoms with Crippen LogP contribution in [-0.2, 0) is 0 Å². The minimum absolute atomic E-state index is 0.00694. The van der Waals surface area contributed by atoms with Crippen molar-refractivity contribution >= 4 is 0 Å². The molecule has 3 fully saturated rings. The van der Waals surface area contributed by atoms with Gasteiger partial charge < -0.3 is 5.11 Å². The van der Waals surface area contributed by atoms with E-state index < -0.39 is 0 Å². The molecule has 14 heavy (non-hydrogen) atoms. The quantitative estimate of drug-likeness (QED) is 0.732. The molecular weight excluding hydrogens is 172 g/mol. The minimum atomic E-state index is 0.00694. The highest BCUT2D eigenvalue weighted by molar-refractivity contribution is 5.02. The third-order valence-corrected chi connectivity index (χ3v) is 4.97. The van der Waals surface area contributed by atoms with Crippen molar-refractivity contribution in [3.63, 3.8) is 0 Å². The van der Waals surface area contributed by atoms with Crippen LogP contribution in [0.15, 0.2) is 0 Å². The molecule has 0 heterocycles. The molecular formula is C13H22O. The Bertz CT molecular complexity index is 236. The van der Waals surface area contributed by atoms with Crippen LogP contribution in [0, 0.1) is 29.1 Å². The molecule has 3 aliphatic rings. The maximum Gasteiger partial charge on any atom is 0.0576 e. The lowest BCUT2D eigenvalue weighted by atomic mass is 9.92. The molecule has 1 nitrogen and oxygen atoms in total. The van der Waals surface area contributed by atoms with E-state index in [-0.39, 0.29) is 6.10 Å². The molecule has 0 saturated heterocycles. The fourth-order valence-electron chi connectivity index (χ4n) is 3.70. The fourth-order valence-corrected chi connectivity index (χ4v) is 3.70. The van der Waals surface area contributed by atoms with Crippen LogP contribution in [0.25, 0.3) is 0 Å². The predicted molar refractivity (Wildman–Crippen MR) is 56.8 cm³/mol. The molecule has 0 radical (unpaired) electrons. The van der Waals surface area contributed by atoms with Crippen molar-refractivity contribution in [2.45, 2.75) is 52.1 Å². The maximum absolute atomic E-state index is 10.1. The molecule has 0 amide bonds. The molecule has 0 bridgehead atoms. The second-order valence-electron chi connectivity index (χ2n) is 6.70. The first-order chi connectivity index (χ1) is 6.56. The Morgan fingerprint density at radius 3 is 2.29 bits per heavy atom. The molecule has 1 heteroatoms. The number of hydrogen-bond acceptors (Lipinski definition) is 1. The summed E-state index contributed by atoms with van der Waals surface area (Å²) in [6.45, 7) is 4.57. The summed E-state index contributed by atoms with van der Waals surface area (Å²) in [5.41, 5.74) is 0.445.